The van der Waals surface area contributed by atoms with Crippen molar-refractivity contribution in [1.82, 2.24) is 4.90 Å². The lowest BCUT2D eigenvalue weighted by Crippen LogP contribution is -2.30. The number of nitrogens with one attached hydrogen (secondary N) is 1. The highest BCUT2D eigenvalue weighted by molar-refractivity contribution is 14.1. The second-order valence-electron chi connectivity index (χ2n) is 3.93. The number of hydrogen-bond acceptors (Lipinski definition) is 2. The largest absolute Gasteiger partial charge is 0.323 e. The first-order valence-corrected chi connectivity index (χ1v) is 7.46. The molecule has 2 aromatic rings. The van der Waals surface area contributed by atoms with Crippen molar-refractivity contribution in [2.45, 2.75) is 6.54 Å². The summed E-state index contributed by atoms with van der Waals surface area (Å²) in [6.45, 7) is 0.624. The van der Waals surface area contributed by atoms with E-state index in [2.05, 4.69) is 33.3 Å². The molecule has 0 aliphatic rings. The summed E-state index contributed by atoms with van der Waals surface area (Å²) in [6.07, 6.45) is 0. The Labute approximate surface area is 124 Å². The van der Waals surface area contributed by atoms with Crippen molar-refractivity contribution in [1.29, 1.82) is 0 Å². The molecule has 1 aromatic heterocycles. The molecule has 2 amide bonds. The third-order valence-electron chi connectivity index (χ3n) is 2.42. The van der Waals surface area contributed by atoms with Crippen molar-refractivity contribution < 1.29 is 4.79 Å². The molecule has 0 bridgehead atoms. The van der Waals surface area contributed by atoms with Gasteiger partial charge >= 0.3 is 6.03 Å². The first kappa shape index (κ1) is 13.4. The fraction of sp³-hybridized carbons (Fsp3) is 0.154. The van der Waals surface area contributed by atoms with Gasteiger partial charge in [0.2, 0.25) is 0 Å². The zero-order valence-corrected chi connectivity index (χ0v) is 12.9. The van der Waals surface area contributed by atoms with Gasteiger partial charge in [-0.05, 0) is 63.2 Å². The maximum absolute atomic E-state index is 12.0. The normalized spacial score (nSPS) is 10.1. The molecule has 2 rings (SSSR count). The van der Waals surface area contributed by atoms with E-state index in [1.54, 1.807) is 23.3 Å². The number of carbonyl (C=O) groups is 1. The molecule has 0 saturated heterocycles. The highest BCUT2D eigenvalue weighted by Gasteiger charge is 2.09. The summed E-state index contributed by atoms with van der Waals surface area (Å²) in [5.74, 6) is 0. The molecule has 0 aliphatic carbocycles. The van der Waals surface area contributed by atoms with E-state index in [0.717, 1.165) is 14.8 Å². The van der Waals surface area contributed by atoms with Crippen LogP contribution in [0.1, 0.15) is 5.56 Å². The van der Waals surface area contributed by atoms with E-state index in [-0.39, 0.29) is 6.03 Å². The van der Waals surface area contributed by atoms with Crippen LogP contribution in [0.5, 0.6) is 0 Å². The molecule has 5 heteroatoms. The molecule has 3 nitrogen and oxygen atoms in total. The number of carbonyl (C=O) groups excluding carboxylic acids is 1. The lowest BCUT2D eigenvalue weighted by Gasteiger charge is -2.17. The van der Waals surface area contributed by atoms with Gasteiger partial charge in [-0.15, -0.1) is 0 Å². The van der Waals surface area contributed by atoms with Gasteiger partial charge in [0.05, 0.1) is 0 Å². The monoisotopic (exact) mass is 372 g/mol. The summed E-state index contributed by atoms with van der Waals surface area (Å²) in [4.78, 5) is 13.6. The lowest BCUT2D eigenvalue weighted by molar-refractivity contribution is 0.221. The van der Waals surface area contributed by atoms with Crippen LogP contribution >= 0.6 is 33.9 Å². The average molecular weight is 372 g/mol. The molecule has 0 saturated carbocycles. The molecular weight excluding hydrogens is 359 g/mol. The number of hydrogen-bond donors (Lipinski definition) is 1. The number of anilines is 1. The lowest BCUT2D eigenvalue weighted by atomic mass is 10.3. The molecule has 0 fully saturated rings. The fourth-order valence-electron chi connectivity index (χ4n) is 1.51. The molecule has 0 aliphatic heterocycles. The van der Waals surface area contributed by atoms with Crippen LogP contribution in [0.2, 0.25) is 0 Å². The number of amides is 2. The van der Waals surface area contributed by atoms with E-state index in [9.17, 15) is 4.79 Å². The molecule has 1 N–H and O–H groups in total. The Bertz CT molecular complexity index is 528. The van der Waals surface area contributed by atoms with Gasteiger partial charge in [-0.25, -0.2) is 4.79 Å². The van der Waals surface area contributed by atoms with Gasteiger partial charge in [-0.3, -0.25) is 0 Å². The first-order valence-electron chi connectivity index (χ1n) is 5.44. The molecular formula is C13H13IN2OS. The molecule has 1 heterocycles. The van der Waals surface area contributed by atoms with Gasteiger partial charge in [0.25, 0.3) is 0 Å². The molecule has 0 atom stereocenters. The Balaban J connectivity index is 1.95. The van der Waals surface area contributed by atoms with Gasteiger partial charge < -0.3 is 10.2 Å². The minimum absolute atomic E-state index is 0.0943. The maximum atomic E-state index is 12.0. The van der Waals surface area contributed by atoms with Crippen molar-refractivity contribution in [3.63, 3.8) is 0 Å². The smallest absolute Gasteiger partial charge is 0.321 e. The molecule has 1 aromatic carbocycles. The minimum Gasteiger partial charge on any atom is -0.323 e. The number of thiophene rings is 1. The SMILES string of the molecule is CN(Cc1ccsc1)C(=O)Nc1cccc(I)c1. The van der Waals surface area contributed by atoms with Gasteiger partial charge in [0.15, 0.2) is 0 Å². The van der Waals surface area contributed by atoms with Crippen LogP contribution in [0, 0.1) is 3.57 Å². The molecule has 0 radical (unpaired) electrons. The molecule has 0 unspecified atom stereocenters. The topological polar surface area (TPSA) is 32.3 Å². The van der Waals surface area contributed by atoms with Crippen molar-refractivity contribution in [2.24, 2.45) is 0 Å². The van der Waals surface area contributed by atoms with Crippen LogP contribution in [0.25, 0.3) is 0 Å². The van der Waals surface area contributed by atoms with E-state index in [1.807, 2.05) is 35.7 Å². The Kier molecular flexibility index (Phi) is 4.60. The zero-order chi connectivity index (χ0) is 13.0. The number of nitrogens with zero attached hydrogens (tertiary/aromatic N) is 1. The number of benzene rings is 1. The second-order valence-corrected chi connectivity index (χ2v) is 5.95. The quantitative estimate of drug-likeness (QED) is 0.812. The number of rotatable bonds is 3. The molecule has 18 heavy (non-hydrogen) atoms. The number of halogens is 1. The minimum atomic E-state index is -0.0943. The molecule has 94 valence electrons. The van der Waals surface area contributed by atoms with Crippen LogP contribution < -0.4 is 5.32 Å². The van der Waals surface area contributed by atoms with E-state index in [1.165, 1.54) is 0 Å². The Morgan fingerprint density at radius 1 is 1.44 bits per heavy atom. The van der Waals surface area contributed by atoms with Crippen LogP contribution in [0.15, 0.2) is 41.1 Å². The van der Waals surface area contributed by atoms with Gasteiger partial charge in [0.1, 0.15) is 0 Å². The summed E-state index contributed by atoms with van der Waals surface area (Å²) in [7, 11) is 1.79. The fourth-order valence-corrected chi connectivity index (χ4v) is 2.72. The highest BCUT2D eigenvalue weighted by Crippen LogP contribution is 2.14. The van der Waals surface area contributed by atoms with Crippen LogP contribution in [-0.4, -0.2) is 18.0 Å². The standard InChI is InChI=1S/C13H13IN2OS/c1-16(8-10-5-6-18-9-10)13(17)15-12-4-2-3-11(14)7-12/h2-7,9H,8H2,1H3,(H,15,17). The van der Waals surface area contributed by atoms with Gasteiger partial charge in [-0.1, -0.05) is 6.07 Å². The van der Waals surface area contributed by atoms with Crippen molar-refractivity contribution in [2.75, 3.05) is 12.4 Å². The van der Waals surface area contributed by atoms with E-state index in [0.29, 0.717) is 6.54 Å². The van der Waals surface area contributed by atoms with Crippen molar-refractivity contribution in [3.05, 3.63) is 50.2 Å². The number of urea groups is 1. The third kappa shape index (κ3) is 3.71. The van der Waals surface area contributed by atoms with Gasteiger partial charge in [0, 0.05) is 22.8 Å². The van der Waals surface area contributed by atoms with Gasteiger partial charge in [-0.2, -0.15) is 11.3 Å². The predicted octanol–water partition coefficient (Wildman–Crippen LogP) is 4.02. The van der Waals surface area contributed by atoms with Crippen LogP contribution in [0.4, 0.5) is 10.5 Å². The van der Waals surface area contributed by atoms with E-state index in [4.69, 9.17) is 0 Å². The summed E-state index contributed by atoms with van der Waals surface area (Å²) >= 11 is 3.86. The van der Waals surface area contributed by atoms with Crippen molar-refractivity contribution in [3.8, 4) is 0 Å². The Hall–Kier alpha value is -1.08. The van der Waals surface area contributed by atoms with Crippen LogP contribution in [0.3, 0.4) is 0 Å². The maximum Gasteiger partial charge on any atom is 0.321 e. The zero-order valence-electron chi connectivity index (χ0n) is 9.89. The van der Waals surface area contributed by atoms with Crippen molar-refractivity contribution >= 4 is 45.6 Å². The predicted molar refractivity (Wildman–Crippen MR) is 84.0 cm³/mol. The summed E-state index contributed by atoms with van der Waals surface area (Å²) in [5.41, 5.74) is 1.98. The second kappa shape index (κ2) is 6.19. The Morgan fingerprint density at radius 2 is 2.28 bits per heavy atom. The summed E-state index contributed by atoms with van der Waals surface area (Å²) in [6, 6.07) is 9.68. The van der Waals surface area contributed by atoms with E-state index >= 15 is 0 Å². The Morgan fingerprint density at radius 3 is 2.94 bits per heavy atom. The van der Waals surface area contributed by atoms with Crippen LogP contribution in [-0.2, 0) is 6.54 Å². The first-order chi connectivity index (χ1) is 8.65. The average Bonchev–Trinajstić information content (AvgIpc) is 2.81. The third-order valence-corrected chi connectivity index (χ3v) is 3.83. The molecule has 0 spiro atoms. The van der Waals surface area contributed by atoms with E-state index < -0.39 is 0 Å². The summed E-state index contributed by atoms with van der Waals surface area (Å²) in [5, 5.41) is 6.95. The summed E-state index contributed by atoms with van der Waals surface area (Å²) < 4.78 is 1.10. The highest BCUT2D eigenvalue weighted by atomic mass is 127.